The van der Waals surface area contributed by atoms with Crippen LogP contribution >= 0.6 is 0 Å². The van der Waals surface area contributed by atoms with Crippen LogP contribution in [0.5, 0.6) is 5.75 Å². The molecule has 3 heteroatoms. The fourth-order valence-corrected chi connectivity index (χ4v) is 4.05. The second-order valence-corrected chi connectivity index (χ2v) is 6.98. The third-order valence-electron chi connectivity index (χ3n) is 5.18. The van der Waals surface area contributed by atoms with Crippen molar-refractivity contribution in [3.05, 3.63) is 64.7 Å². The monoisotopic (exact) mass is 322 g/mol. The zero-order valence-electron chi connectivity index (χ0n) is 14.3. The number of benzene rings is 2. The summed E-state index contributed by atoms with van der Waals surface area (Å²) in [5, 5.41) is 7.49. The van der Waals surface area contributed by atoms with E-state index in [1.165, 1.54) is 35.1 Å². The van der Waals surface area contributed by atoms with Crippen LogP contribution < -0.4 is 15.4 Å². The molecule has 2 aromatic carbocycles. The topological polar surface area (TPSA) is 33.3 Å². The molecule has 2 aromatic rings. The van der Waals surface area contributed by atoms with Crippen LogP contribution in [0, 0.1) is 6.92 Å². The summed E-state index contributed by atoms with van der Waals surface area (Å²) in [6, 6.07) is 16.2. The predicted octanol–water partition coefficient (Wildman–Crippen LogP) is 3.51. The maximum atomic E-state index is 5.88. The third-order valence-corrected chi connectivity index (χ3v) is 5.18. The van der Waals surface area contributed by atoms with Gasteiger partial charge in [-0.2, -0.15) is 0 Å². The number of hydrogen-bond acceptors (Lipinski definition) is 3. The van der Waals surface area contributed by atoms with Crippen LogP contribution in [-0.4, -0.2) is 19.2 Å². The van der Waals surface area contributed by atoms with Crippen molar-refractivity contribution in [1.29, 1.82) is 0 Å². The Labute approximate surface area is 144 Å². The Morgan fingerprint density at radius 2 is 2.08 bits per heavy atom. The molecule has 1 saturated heterocycles. The number of piperidine rings is 1. The smallest absolute Gasteiger partial charge is 0.127 e. The molecule has 0 spiro atoms. The van der Waals surface area contributed by atoms with Gasteiger partial charge in [0.05, 0.1) is 6.61 Å². The van der Waals surface area contributed by atoms with Crippen molar-refractivity contribution >= 4 is 0 Å². The second kappa shape index (κ2) is 6.96. The van der Waals surface area contributed by atoms with E-state index >= 15 is 0 Å². The van der Waals surface area contributed by atoms with Crippen molar-refractivity contribution in [2.24, 2.45) is 0 Å². The SMILES string of the molecule is Cc1cc2c(c(CN[C@H]3CCCN[C@H]3c3ccccc3)c1)OCC2. The average molecular weight is 322 g/mol. The van der Waals surface area contributed by atoms with E-state index in [0.717, 1.165) is 31.9 Å². The summed E-state index contributed by atoms with van der Waals surface area (Å²) in [5.74, 6) is 1.12. The van der Waals surface area contributed by atoms with Gasteiger partial charge in [-0.25, -0.2) is 0 Å². The summed E-state index contributed by atoms with van der Waals surface area (Å²) in [5.41, 5.74) is 5.38. The van der Waals surface area contributed by atoms with Gasteiger partial charge >= 0.3 is 0 Å². The summed E-state index contributed by atoms with van der Waals surface area (Å²) in [6.45, 7) is 4.97. The lowest BCUT2D eigenvalue weighted by Gasteiger charge is -2.34. The average Bonchev–Trinajstić information content (AvgIpc) is 3.09. The molecular weight excluding hydrogens is 296 g/mol. The molecule has 4 rings (SSSR count). The third kappa shape index (κ3) is 3.19. The molecule has 24 heavy (non-hydrogen) atoms. The largest absolute Gasteiger partial charge is 0.493 e. The van der Waals surface area contributed by atoms with E-state index in [9.17, 15) is 0 Å². The lowest BCUT2D eigenvalue weighted by atomic mass is 9.92. The molecule has 0 radical (unpaired) electrons. The molecule has 0 aromatic heterocycles. The minimum Gasteiger partial charge on any atom is -0.493 e. The highest BCUT2D eigenvalue weighted by molar-refractivity contribution is 5.46. The van der Waals surface area contributed by atoms with Gasteiger partial charge in [-0.1, -0.05) is 48.0 Å². The Hall–Kier alpha value is -1.84. The quantitative estimate of drug-likeness (QED) is 0.904. The highest BCUT2D eigenvalue weighted by atomic mass is 16.5. The van der Waals surface area contributed by atoms with E-state index in [2.05, 4.69) is 60.0 Å². The molecular formula is C21H26N2O. The van der Waals surface area contributed by atoms with Crippen molar-refractivity contribution in [2.75, 3.05) is 13.2 Å². The first kappa shape index (κ1) is 15.7. The number of nitrogens with one attached hydrogen (secondary N) is 2. The van der Waals surface area contributed by atoms with E-state index in [4.69, 9.17) is 4.74 Å². The van der Waals surface area contributed by atoms with Crippen LogP contribution in [0.4, 0.5) is 0 Å². The van der Waals surface area contributed by atoms with Crippen LogP contribution in [0.2, 0.25) is 0 Å². The molecule has 0 unspecified atom stereocenters. The molecule has 1 fully saturated rings. The lowest BCUT2D eigenvalue weighted by molar-refractivity contribution is 0.301. The molecule has 3 nitrogen and oxygen atoms in total. The fourth-order valence-electron chi connectivity index (χ4n) is 4.05. The summed E-state index contributed by atoms with van der Waals surface area (Å²) in [4.78, 5) is 0. The van der Waals surface area contributed by atoms with Crippen LogP contribution in [0.3, 0.4) is 0 Å². The van der Waals surface area contributed by atoms with Gasteiger partial charge in [0.25, 0.3) is 0 Å². The van der Waals surface area contributed by atoms with Crippen molar-refractivity contribution in [2.45, 2.75) is 44.8 Å². The van der Waals surface area contributed by atoms with Gasteiger partial charge in [-0.05, 0) is 37.4 Å². The maximum Gasteiger partial charge on any atom is 0.127 e. The maximum absolute atomic E-state index is 5.88. The molecule has 2 N–H and O–H groups in total. The van der Waals surface area contributed by atoms with Crippen molar-refractivity contribution in [3.63, 3.8) is 0 Å². The van der Waals surface area contributed by atoms with E-state index in [1.54, 1.807) is 0 Å². The first-order chi connectivity index (χ1) is 11.8. The van der Waals surface area contributed by atoms with Crippen LogP contribution in [0.1, 0.15) is 41.1 Å². The van der Waals surface area contributed by atoms with Gasteiger partial charge in [0.15, 0.2) is 0 Å². The van der Waals surface area contributed by atoms with Crippen molar-refractivity contribution in [1.82, 2.24) is 10.6 Å². The van der Waals surface area contributed by atoms with Gasteiger partial charge in [0, 0.05) is 30.6 Å². The van der Waals surface area contributed by atoms with E-state index < -0.39 is 0 Å². The highest BCUT2D eigenvalue weighted by Gasteiger charge is 2.26. The first-order valence-electron chi connectivity index (χ1n) is 9.08. The molecule has 2 heterocycles. The minimum absolute atomic E-state index is 0.388. The highest BCUT2D eigenvalue weighted by Crippen LogP contribution is 2.31. The fraction of sp³-hybridized carbons (Fsp3) is 0.429. The number of hydrogen-bond donors (Lipinski definition) is 2. The first-order valence-corrected chi connectivity index (χ1v) is 9.08. The molecule has 0 amide bonds. The lowest BCUT2D eigenvalue weighted by Crippen LogP contribution is -2.45. The van der Waals surface area contributed by atoms with Crippen molar-refractivity contribution < 1.29 is 4.74 Å². The zero-order valence-corrected chi connectivity index (χ0v) is 14.3. The van der Waals surface area contributed by atoms with Crippen LogP contribution in [-0.2, 0) is 13.0 Å². The minimum atomic E-state index is 0.388. The van der Waals surface area contributed by atoms with Gasteiger partial charge in [0.1, 0.15) is 5.75 Å². The van der Waals surface area contributed by atoms with Crippen molar-refractivity contribution in [3.8, 4) is 5.75 Å². The summed E-state index contributed by atoms with van der Waals surface area (Å²) < 4.78 is 5.88. The summed E-state index contributed by atoms with van der Waals surface area (Å²) >= 11 is 0. The van der Waals surface area contributed by atoms with E-state index in [-0.39, 0.29) is 0 Å². The normalized spacial score (nSPS) is 22.9. The number of aryl methyl sites for hydroxylation is 1. The molecule has 2 aliphatic rings. The molecule has 126 valence electrons. The van der Waals surface area contributed by atoms with Crippen LogP contribution in [0.15, 0.2) is 42.5 Å². The number of fused-ring (bicyclic) bond motifs is 1. The summed E-state index contributed by atoms with van der Waals surface area (Å²) in [7, 11) is 0. The van der Waals surface area contributed by atoms with Gasteiger partial charge in [0.2, 0.25) is 0 Å². The molecule has 2 atom stereocenters. The van der Waals surface area contributed by atoms with E-state index in [0.29, 0.717) is 12.1 Å². The van der Waals surface area contributed by atoms with Crippen LogP contribution in [0.25, 0.3) is 0 Å². The standard InChI is InChI=1S/C21H26N2O/c1-15-12-17-9-11-24-21(17)18(13-15)14-23-19-8-5-10-22-20(19)16-6-3-2-4-7-16/h2-4,6-7,12-13,19-20,22-23H,5,8-11,14H2,1H3/t19-,20-/m0/s1. The Kier molecular flexibility index (Phi) is 4.54. The van der Waals surface area contributed by atoms with Gasteiger partial charge in [-0.15, -0.1) is 0 Å². The van der Waals surface area contributed by atoms with Gasteiger partial charge < -0.3 is 15.4 Å². The Morgan fingerprint density at radius 1 is 1.21 bits per heavy atom. The zero-order chi connectivity index (χ0) is 16.4. The Bertz CT molecular complexity index is 698. The molecule has 0 saturated carbocycles. The number of ether oxygens (including phenoxy) is 1. The summed E-state index contributed by atoms with van der Waals surface area (Å²) in [6.07, 6.45) is 3.48. The molecule has 0 aliphatic carbocycles. The predicted molar refractivity (Wildman–Crippen MR) is 97.4 cm³/mol. The second-order valence-electron chi connectivity index (χ2n) is 6.98. The Morgan fingerprint density at radius 3 is 2.96 bits per heavy atom. The number of rotatable bonds is 4. The molecule has 0 bridgehead atoms. The molecule has 2 aliphatic heterocycles. The van der Waals surface area contributed by atoms with Gasteiger partial charge in [-0.3, -0.25) is 0 Å². The van der Waals surface area contributed by atoms with E-state index in [1.807, 2.05) is 0 Å². The Balaban J connectivity index is 1.50.